The van der Waals surface area contributed by atoms with Crippen molar-refractivity contribution in [2.24, 2.45) is 0 Å². The summed E-state index contributed by atoms with van der Waals surface area (Å²) in [7, 11) is 0. The Kier molecular flexibility index (Phi) is 4.40. The lowest BCUT2D eigenvalue weighted by Crippen LogP contribution is -2.33. The summed E-state index contributed by atoms with van der Waals surface area (Å²) >= 11 is 0. The fourth-order valence-electron chi connectivity index (χ4n) is 2.10. The van der Waals surface area contributed by atoms with Crippen molar-refractivity contribution in [3.63, 3.8) is 0 Å². The van der Waals surface area contributed by atoms with E-state index in [1.807, 2.05) is 12.1 Å². The molecule has 0 amide bonds. The first-order chi connectivity index (χ1) is 8.38. The van der Waals surface area contributed by atoms with Crippen molar-refractivity contribution in [2.75, 3.05) is 26.2 Å². The van der Waals surface area contributed by atoms with E-state index in [9.17, 15) is 0 Å². The first-order valence-corrected chi connectivity index (χ1v) is 6.24. The van der Waals surface area contributed by atoms with Crippen LogP contribution in [-0.2, 0) is 0 Å². The summed E-state index contributed by atoms with van der Waals surface area (Å²) in [5.74, 6) is 0.848. The summed E-state index contributed by atoms with van der Waals surface area (Å²) in [6.07, 6.45) is 4.00. The van der Waals surface area contributed by atoms with Gasteiger partial charge in [0, 0.05) is 6.54 Å². The highest BCUT2D eigenvalue weighted by atomic mass is 16.5. The van der Waals surface area contributed by atoms with E-state index in [0.717, 1.165) is 18.9 Å². The number of nitriles is 1. The van der Waals surface area contributed by atoms with E-state index in [2.05, 4.69) is 11.0 Å². The summed E-state index contributed by atoms with van der Waals surface area (Å²) in [4.78, 5) is 2.45. The number of nitrogens with zero attached hydrogens (tertiary/aromatic N) is 2. The van der Waals surface area contributed by atoms with Crippen LogP contribution in [0.1, 0.15) is 24.8 Å². The van der Waals surface area contributed by atoms with Crippen LogP contribution in [-0.4, -0.2) is 31.1 Å². The first kappa shape index (κ1) is 11.9. The second-order valence-electron chi connectivity index (χ2n) is 4.39. The zero-order valence-corrected chi connectivity index (χ0v) is 10.1. The molecule has 1 fully saturated rings. The summed E-state index contributed by atoms with van der Waals surface area (Å²) < 4.78 is 5.66. The Balaban J connectivity index is 1.72. The second-order valence-corrected chi connectivity index (χ2v) is 4.39. The molecule has 0 unspecified atom stereocenters. The van der Waals surface area contributed by atoms with Crippen molar-refractivity contribution in [2.45, 2.75) is 19.3 Å². The largest absolute Gasteiger partial charge is 0.492 e. The zero-order valence-electron chi connectivity index (χ0n) is 10.1. The number of hydrogen-bond donors (Lipinski definition) is 0. The molecule has 17 heavy (non-hydrogen) atoms. The van der Waals surface area contributed by atoms with Gasteiger partial charge < -0.3 is 4.74 Å². The highest BCUT2D eigenvalue weighted by Crippen LogP contribution is 2.12. The van der Waals surface area contributed by atoms with Gasteiger partial charge >= 0.3 is 0 Å². The topological polar surface area (TPSA) is 36.3 Å². The molecule has 0 N–H and O–H groups in total. The number of piperidine rings is 1. The summed E-state index contributed by atoms with van der Waals surface area (Å²) in [6.45, 7) is 4.14. The predicted octanol–water partition coefficient (Wildman–Crippen LogP) is 2.42. The van der Waals surface area contributed by atoms with Gasteiger partial charge in [-0.25, -0.2) is 0 Å². The molecule has 3 heteroatoms. The van der Waals surface area contributed by atoms with E-state index >= 15 is 0 Å². The van der Waals surface area contributed by atoms with Gasteiger partial charge in [-0.2, -0.15) is 5.26 Å². The number of ether oxygens (including phenoxy) is 1. The van der Waals surface area contributed by atoms with Gasteiger partial charge in [-0.3, -0.25) is 4.90 Å². The van der Waals surface area contributed by atoms with Gasteiger partial charge in [0.25, 0.3) is 0 Å². The minimum Gasteiger partial charge on any atom is -0.492 e. The maximum absolute atomic E-state index is 8.68. The van der Waals surface area contributed by atoms with E-state index in [-0.39, 0.29) is 0 Å². The second kappa shape index (κ2) is 6.27. The maximum Gasteiger partial charge on any atom is 0.119 e. The Bertz CT molecular complexity index is 374. The Morgan fingerprint density at radius 1 is 1.12 bits per heavy atom. The predicted molar refractivity (Wildman–Crippen MR) is 66.9 cm³/mol. The molecule has 1 aliphatic rings. The van der Waals surface area contributed by atoms with E-state index < -0.39 is 0 Å². The van der Waals surface area contributed by atoms with Crippen LogP contribution in [0.25, 0.3) is 0 Å². The number of likely N-dealkylation sites (tertiary alicyclic amines) is 1. The van der Waals surface area contributed by atoms with Gasteiger partial charge in [0.2, 0.25) is 0 Å². The van der Waals surface area contributed by atoms with Crippen LogP contribution in [0.15, 0.2) is 24.3 Å². The summed E-state index contributed by atoms with van der Waals surface area (Å²) in [5.41, 5.74) is 0.674. The van der Waals surface area contributed by atoms with Crippen molar-refractivity contribution in [1.82, 2.24) is 4.90 Å². The summed E-state index contributed by atoms with van der Waals surface area (Å²) in [6, 6.07) is 9.39. The third kappa shape index (κ3) is 3.76. The van der Waals surface area contributed by atoms with E-state index in [1.165, 1.54) is 32.4 Å². The fourth-order valence-corrected chi connectivity index (χ4v) is 2.10. The highest BCUT2D eigenvalue weighted by molar-refractivity contribution is 5.34. The van der Waals surface area contributed by atoms with Gasteiger partial charge in [0.15, 0.2) is 0 Å². The lowest BCUT2D eigenvalue weighted by molar-refractivity contribution is 0.183. The third-order valence-electron chi connectivity index (χ3n) is 3.11. The minimum absolute atomic E-state index is 0.674. The zero-order chi connectivity index (χ0) is 11.9. The van der Waals surface area contributed by atoms with Gasteiger partial charge in [-0.15, -0.1) is 0 Å². The molecule has 0 bridgehead atoms. The fraction of sp³-hybridized carbons (Fsp3) is 0.500. The monoisotopic (exact) mass is 230 g/mol. The average molecular weight is 230 g/mol. The molecule has 0 atom stereocenters. The Labute approximate surface area is 103 Å². The molecular formula is C14H18N2O. The van der Waals surface area contributed by atoms with Crippen molar-refractivity contribution in [3.05, 3.63) is 29.8 Å². The molecule has 1 aromatic carbocycles. The molecule has 2 rings (SSSR count). The lowest BCUT2D eigenvalue weighted by atomic mass is 10.1. The maximum atomic E-state index is 8.68. The van der Waals surface area contributed by atoms with Crippen molar-refractivity contribution < 1.29 is 4.74 Å². The average Bonchev–Trinajstić information content (AvgIpc) is 2.41. The third-order valence-corrected chi connectivity index (χ3v) is 3.11. The Hall–Kier alpha value is -1.53. The standard InChI is InChI=1S/C14H18N2O/c15-12-13-4-6-14(7-5-13)17-11-10-16-8-2-1-3-9-16/h4-7H,1-3,8-11H2. The smallest absolute Gasteiger partial charge is 0.119 e. The SMILES string of the molecule is N#Cc1ccc(OCCN2CCCCC2)cc1. The van der Waals surface area contributed by atoms with Crippen molar-refractivity contribution >= 4 is 0 Å². The summed E-state index contributed by atoms with van der Waals surface area (Å²) in [5, 5.41) is 8.68. The lowest BCUT2D eigenvalue weighted by Gasteiger charge is -2.26. The highest BCUT2D eigenvalue weighted by Gasteiger charge is 2.09. The molecule has 0 aliphatic carbocycles. The molecule has 1 aliphatic heterocycles. The van der Waals surface area contributed by atoms with Crippen LogP contribution in [0.4, 0.5) is 0 Å². The molecule has 0 saturated carbocycles. The van der Waals surface area contributed by atoms with Crippen LogP contribution in [0.3, 0.4) is 0 Å². The quantitative estimate of drug-likeness (QED) is 0.797. The number of rotatable bonds is 4. The number of benzene rings is 1. The van der Waals surface area contributed by atoms with Crippen LogP contribution < -0.4 is 4.74 Å². The van der Waals surface area contributed by atoms with Crippen LogP contribution in [0.2, 0.25) is 0 Å². The van der Waals surface area contributed by atoms with E-state index in [4.69, 9.17) is 10.00 Å². The van der Waals surface area contributed by atoms with E-state index in [0.29, 0.717) is 5.56 Å². The molecule has 0 spiro atoms. The van der Waals surface area contributed by atoms with Gasteiger partial charge in [-0.1, -0.05) is 6.42 Å². The van der Waals surface area contributed by atoms with Crippen LogP contribution in [0, 0.1) is 11.3 Å². The van der Waals surface area contributed by atoms with Crippen molar-refractivity contribution in [3.8, 4) is 11.8 Å². The molecule has 0 radical (unpaired) electrons. The Morgan fingerprint density at radius 3 is 2.47 bits per heavy atom. The van der Waals surface area contributed by atoms with Gasteiger partial charge in [0.1, 0.15) is 12.4 Å². The molecule has 0 aromatic heterocycles. The van der Waals surface area contributed by atoms with Crippen LogP contribution in [0.5, 0.6) is 5.75 Å². The normalized spacial score (nSPS) is 16.4. The molecule has 1 saturated heterocycles. The molecule has 1 aromatic rings. The minimum atomic E-state index is 0.674. The molecule has 3 nitrogen and oxygen atoms in total. The molecular weight excluding hydrogens is 212 g/mol. The Morgan fingerprint density at radius 2 is 1.82 bits per heavy atom. The van der Waals surface area contributed by atoms with Crippen LogP contribution >= 0.6 is 0 Å². The van der Waals surface area contributed by atoms with E-state index in [1.54, 1.807) is 12.1 Å². The first-order valence-electron chi connectivity index (χ1n) is 6.24. The number of hydrogen-bond acceptors (Lipinski definition) is 3. The molecule has 90 valence electrons. The molecule has 1 heterocycles. The van der Waals surface area contributed by atoms with Gasteiger partial charge in [0.05, 0.1) is 11.6 Å². The van der Waals surface area contributed by atoms with Crippen molar-refractivity contribution in [1.29, 1.82) is 5.26 Å². The van der Waals surface area contributed by atoms with Gasteiger partial charge in [-0.05, 0) is 50.2 Å².